The van der Waals surface area contributed by atoms with Crippen molar-refractivity contribution < 1.29 is 0 Å². The van der Waals surface area contributed by atoms with Gasteiger partial charge < -0.3 is 4.90 Å². The Labute approximate surface area is 132 Å². The zero-order chi connectivity index (χ0) is 15.5. The summed E-state index contributed by atoms with van der Waals surface area (Å²) in [6.45, 7) is 6.57. The number of nitrogens with zero attached hydrogens (tertiary/aromatic N) is 1. The molecule has 0 fully saturated rings. The van der Waals surface area contributed by atoms with Gasteiger partial charge in [0.2, 0.25) is 0 Å². The summed E-state index contributed by atoms with van der Waals surface area (Å²) < 4.78 is 0. The number of aryl methyl sites for hydroxylation is 1. The summed E-state index contributed by atoms with van der Waals surface area (Å²) in [4.78, 5) is 2.32. The number of para-hydroxylation sites is 2. The highest BCUT2D eigenvalue weighted by Gasteiger charge is 2.15. The molecular weight excluding hydrogens is 266 g/mol. The summed E-state index contributed by atoms with van der Waals surface area (Å²) in [5.74, 6) is 0. The van der Waals surface area contributed by atoms with Gasteiger partial charge in [-0.05, 0) is 67.8 Å². The van der Waals surface area contributed by atoms with Gasteiger partial charge in [0.05, 0.1) is 0 Å². The van der Waals surface area contributed by atoms with Gasteiger partial charge in [0.15, 0.2) is 0 Å². The van der Waals surface area contributed by atoms with E-state index in [1.165, 1.54) is 33.8 Å². The lowest BCUT2D eigenvalue weighted by molar-refractivity contribution is 1.20. The van der Waals surface area contributed by atoms with Crippen LogP contribution in [0.4, 0.5) is 17.1 Å². The van der Waals surface area contributed by atoms with Gasteiger partial charge in [-0.3, -0.25) is 0 Å². The van der Waals surface area contributed by atoms with E-state index >= 15 is 0 Å². The van der Waals surface area contributed by atoms with Crippen LogP contribution in [-0.2, 0) is 0 Å². The molecule has 3 rings (SSSR count). The molecule has 0 aromatic heterocycles. The molecule has 3 aromatic rings. The molecule has 0 aliphatic carbocycles. The number of anilines is 3. The summed E-state index contributed by atoms with van der Waals surface area (Å²) in [5, 5.41) is 0. The molecular formula is C21H21N. The second kappa shape index (κ2) is 6.07. The zero-order valence-corrected chi connectivity index (χ0v) is 13.4. The van der Waals surface area contributed by atoms with Crippen LogP contribution in [-0.4, -0.2) is 0 Å². The van der Waals surface area contributed by atoms with Crippen molar-refractivity contribution in [2.24, 2.45) is 0 Å². The van der Waals surface area contributed by atoms with Crippen molar-refractivity contribution in [2.75, 3.05) is 4.90 Å². The van der Waals surface area contributed by atoms with E-state index in [0.717, 1.165) is 0 Å². The molecule has 0 atom stereocenters. The highest BCUT2D eigenvalue weighted by Crippen LogP contribution is 2.37. The Balaban J connectivity index is 2.21. The minimum atomic E-state index is 1.18. The third-order valence-electron chi connectivity index (χ3n) is 4.30. The average molecular weight is 287 g/mol. The van der Waals surface area contributed by atoms with Crippen molar-refractivity contribution in [3.63, 3.8) is 0 Å². The fourth-order valence-electron chi connectivity index (χ4n) is 2.77. The molecule has 0 radical (unpaired) electrons. The van der Waals surface area contributed by atoms with E-state index in [4.69, 9.17) is 0 Å². The molecule has 0 aliphatic rings. The van der Waals surface area contributed by atoms with Crippen molar-refractivity contribution in [3.8, 4) is 0 Å². The first-order valence-corrected chi connectivity index (χ1v) is 7.65. The normalized spacial score (nSPS) is 10.5. The van der Waals surface area contributed by atoms with E-state index in [9.17, 15) is 0 Å². The fraction of sp³-hybridized carbons (Fsp3) is 0.143. The Kier molecular flexibility index (Phi) is 3.97. The zero-order valence-electron chi connectivity index (χ0n) is 13.4. The summed E-state index contributed by atoms with van der Waals surface area (Å²) in [7, 11) is 0. The van der Waals surface area contributed by atoms with Crippen molar-refractivity contribution >= 4 is 17.1 Å². The molecule has 0 saturated carbocycles. The van der Waals surface area contributed by atoms with Crippen LogP contribution in [0.25, 0.3) is 0 Å². The average Bonchev–Trinajstić information content (AvgIpc) is 2.57. The van der Waals surface area contributed by atoms with Crippen LogP contribution in [0.2, 0.25) is 0 Å². The lowest BCUT2D eigenvalue weighted by atomic mass is 10.0. The molecule has 1 heteroatoms. The molecule has 22 heavy (non-hydrogen) atoms. The molecule has 0 aliphatic heterocycles. The topological polar surface area (TPSA) is 3.24 Å². The first-order valence-electron chi connectivity index (χ1n) is 7.65. The maximum atomic E-state index is 2.32. The summed E-state index contributed by atoms with van der Waals surface area (Å²) in [6, 6.07) is 25.5. The maximum Gasteiger partial charge on any atom is 0.0493 e. The second-order valence-electron chi connectivity index (χ2n) is 5.66. The van der Waals surface area contributed by atoms with Crippen LogP contribution in [0.1, 0.15) is 16.7 Å². The van der Waals surface area contributed by atoms with Gasteiger partial charge in [0.25, 0.3) is 0 Å². The molecule has 0 unspecified atom stereocenters. The van der Waals surface area contributed by atoms with Gasteiger partial charge in [-0.15, -0.1) is 0 Å². The SMILES string of the molecule is Cc1ccc(N(c2ccccc2)c2ccccc2)c(C)c1C. The van der Waals surface area contributed by atoms with E-state index in [0.29, 0.717) is 0 Å². The van der Waals surface area contributed by atoms with Gasteiger partial charge >= 0.3 is 0 Å². The summed E-state index contributed by atoms with van der Waals surface area (Å²) in [5.41, 5.74) is 7.62. The minimum Gasteiger partial charge on any atom is -0.310 e. The van der Waals surface area contributed by atoms with Crippen LogP contribution in [0.3, 0.4) is 0 Å². The Morgan fingerprint density at radius 1 is 0.545 bits per heavy atom. The van der Waals surface area contributed by atoms with E-state index in [-0.39, 0.29) is 0 Å². The third kappa shape index (κ3) is 2.62. The number of hydrogen-bond donors (Lipinski definition) is 0. The highest BCUT2D eigenvalue weighted by molar-refractivity contribution is 5.79. The lowest BCUT2D eigenvalue weighted by Gasteiger charge is -2.28. The largest absolute Gasteiger partial charge is 0.310 e. The van der Waals surface area contributed by atoms with Gasteiger partial charge in [-0.2, -0.15) is 0 Å². The molecule has 0 amide bonds. The number of rotatable bonds is 3. The van der Waals surface area contributed by atoms with Gasteiger partial charge in [0, 0.05) is 17.1 Å². The van der Waals surface area contributed by atoms with Crippen molar-refractivity contribution in [1.29, 1.82) is 0 Å². The third-order valence-corrected chi connectivity index (χ3v) is 4.30. The number of hydrogen-bond acceptors (Lipinski definition) is 1. The first-order chi connectivity index (χ1) is 10.7. The van der Waals surface area contributed by atoms with Crippen molar-refractivity contribution in [1.82, 2.24) is 0 Å². The molecule has 3 aromatic carbocycles. The van der Waals surface area contributed by atoms with E-state index in [1.54, 1.807) is 0 Å². The Morgan fingerprint density at radius 2 is 1.05 bits per heavy atom. The van der Waals surface area contributed by atoms with Crippen LogP contribution in [0.5, 0.6) is 0 Å². The predicted octanol–water partition coefficient (Wildman–Crippen LogP) is 6.08. The first kappa shape index (κ1) is 14.4. The van der Waals surface area contributed by atoms with E-state index < -0.39 is 0 Å². The molecule has 0 N–H and O–H groups in total. The van der Waals surface area contributed by atoms with Gasteiger partial charge in [-0.25, -0.2) is 0 Å². The molecule has 0 heterocycles. The van der Waals surface area contributed by atoms with Gasteiger partial charge in [0.1, 0.15) is 0 Å². The smallest absolute Gasteiger partial charge is 0.0493 e. The van der Waals surface area contributed by atoms with Crippen molar-refractivity contribution in [3.05, 3.63) is 89.5 Å². The Bertz CT molecular complexity index is 721. The lowest BCUT2D eigenvalue weighted by Crippen LogP contribution is -2.12. The van der Waals surface area contributed by atoms with Gasteiger partial charge in [-0.1, -0.05) is 42.5 Å². The van der Waals surface area contributed by atoms with Crippen LogP contribution < -0.4 is 4.90 Å². The summed E-state index contributed by atoms with van der Waals surface area (Å²) in [6.07, 6.45) is 0. The number of benzene rings is 3. The standard InChI is InChI=1S/C21H21N/c1-16-14-15-21(18(3)17(16)2)22(19-10-6-4-7-11-19)20-12-8-5-9-13-20/h4-15H,1-3H3. The molecule has 0 saturated heterocycles. The maximum absolute atomic E-state index is 2.32. The highest BCUT2D eigenvalue weighted by atomic mass is 15.1. The van der Waals surface area contributed by atoms with E-state index in [2.05, 4.69) is 98.5 Å². The van der Waals surface area contributed by atoms with Crippen LogP contribution >= 0.6 is 0 Å². The predicted molar refractivity (Wildman–Crippen MR) is 95.3 cm³/mol. The van der Waals surface area contributed by atoms with Crippen LogP contribution in [0.15, 0.2) is 72.8 Å². The summed E-state index contributed by atoms with van der Waals surface area (Å²) >= 11 is 0. The molecule has 110 valence electrons. The molecule has 0 bridgehead atoms. The monoisotopic (exact) mass is 287 g/mol. The van der Waals surface area contributed by atoms with Crippen molar-refractivity contribution in [2.45, 2.75) is 20.8 Å². The fourth-order valence-corrected chi connectivity index (χ4v) is 2.77. The van der Waals surface area contributed by atoms with E-state index in [1.807, 2.05) is 0 Å². The molecule has 1 nitrogen and oxygen atoms in total. The quantitative estimate of drug-likeness (QED) is 0.564. The Morgan fingerprint density at radius 3 is 1.55 bits per heavy atom. The molecule has 0 spiro atoms. The van der Waals surface area contributed by atoms with Crippen LogP contribution in [0, 0.1) is 20.8 Å². The second-order valence-corrected chi connectivity index (χ2v) is 5.66. The Hall–Kier alpha value is -2.54. The minimum absolute atomic E-state index is 1.18.